The Bertz CT molecular complexity index is 557. The maximum Gasteiger partial charge on any atom is 0.131 e. The van der Waals surface area contributed by atoms with Crippen molar-refractivity contribution in [1.82, 2.24) is 0 Å². The van der Waals surface area contributed by atoms with Gasteiger partial charge in [0.2, 0.25) is 0 Å². The molecule has 0 N–H and O–H groups in total. The fourth-order valence-corrected chi connectivity index (χ4v) is 2.62. The average Bonchev–Trinajstić information content (AvgIpc) is 2.36. The number of para-hydroxylation sites is 1. The van der Waals surface area contributed by atoms with Crippen LogP contribution < -0.4 is 4.74 Å². The Morgan fingerprint density at radius 3 is 2.59 bits per heavy atom. The summed E-state index contributed by atoms with van der Waals surface area (Å²) in [5.41, 5.74) is 3.93. The molecule has 2 aromatic carbocycles. The number of ether oxygens (including phenoxy) is 1. The van der Waals surface area contributed by atoms with Crippen molar-refractivity contribution in [2.45, 2.75) is 26.2 Å². The molecule has 1 heterocycles. The van der Waals surface area contributed by atoms with Crippen molar-refractivity contribution < 1.29 is 4.74 Å². The largest absolute Gasteiger partial charge is 0.457 e. The normalized spacial score (nSPS) is 16.9. The van der Waals surface area contributed by atoms with Crippen LogP contribution >= 0.6 is 0 Å². The smallest absolute Gasteiger partial charge is 0.131 e. The molecule has 0 radical (unpaired) electrons. The highest BCUT2D eigenvalue weighted by atomic mass is 16.5. The first-order chi connectivity index (χ1) is 8.29. The third-order valence-corrected chi connectivity index (χ3v) is 3.46. The van der Waals surface area contributed by atoms with Gasteiger partial charge in [0, 0.05) is 17.0 Å². The van der Waals surface area contributed by atoms with Gasteiger partial charge < -0.3 is 4.74 Å². The van der Waals surface area contributed by atoms with Gasteiger partial charge in [-0.1, -0.05) is 42.8 Å². The monoisotopic (exact) mass is 224 g/mol. The molecule has 0 spiro atoms. The number of hydrogen-bond acceptors (Lipinski definition) is 1. The molecule has 0 amide bonds. The van der Waals surface area contributed by atoms with Crippen LogP contribution in [-0.2, 0) is 0 Å². The first kappa shape index (κ1) is 10.4. The zero-order chi connectivity index (χ0) is 11.8. The molecule has 3 rings (SSSR count). The second-order valence-corrected chi connectivity index (χ2v) is 4.64. The Morgan fingerprint density at radius 1 is 1.00 bits per heavy atom. The van der Waals surface area contributed by atoms with Crippen molar-refractivity contribution in [1.29, 1.82) is 0 Å². The molecule has 1 unspecified atom stereocenters. The Balaban J connectivity index is 2.19. The van der Waals surface area contributed by atoms with E-state index in [1.54, 1.807) is 0 Å². The van der Waals surface area contributed by atoms with E-state index in [4.69, 9.17) is 4.74 Å². The maximum absolute atomic E-state index is 5.96. The van der Waals surface area contributed by atoms with Crippen LogP contribution in [0, 0.1) is 6.92 Å². The predicted octanol–water partition coefficient (Wildman–Crippen LogP) is 4.64. The van der Waals surface area contributed by atoms with Crippen LogP contribution in [0.25, 0.3) is 0 Å². The average molecular weight is 224 g/mol. The third-order valence-electron chi connectivity index (χ3n) is 3.46. The molecule has 1 aliphatic rings. The number of rotatable bonds is 1. The van der Waals surface area contributed by atoms with Crippen molar-refractivity contribution in [3.63, 3.8) is 0 Å². The topological polar surface area (TPSA) is 9.23 Å². The van der Waals surface area contributed by atoms with E-state index in [1.807, 2.05) is 6.07 Å². The maximum atomic E-state index is 5.96. The van der Waals surface area contributed by atoms with E-state index < -0.39 is 0 Å². The second-order valence-electron chi connectivity index (χ2n) is 4.64. The van der Waals surface area contributed by atoms with Crippen molar-refractivity contribution in [3.05, 3.63) is 59.2 Å². The lowest BCUT2D eigenvalue weighted by Gasteiger charge is -2.27. The molecule has 0 bridgehead atoms. The van der Waals surface area contributed by atoms with Crippen LogP contribution in [-0.4, -0.2) is 0 Å². The number of aryl methyl sites for hydroxylation is 1. The minimum Gasteiger partial charge on any atom is -0.457 e. The van der Waals surface area contributed by atoms with Gasteiger partial charge in [-0.15, -0.1) is 0 Å². The van der Waals surface area contributed by atoms with Gasteiger partial charge in [-0.25, -0.2) is 0 Å². The molecule has 0 aromatic heterocycles. The summed E-state index contributed by atoms with van der Waals surface area (Å²) in [6.45, 7) is 4.37. The molecular weight excluding hydrogens is 208 g/mol. The Labute approximate surface area is 102 Å². The Kier molecular flexibility index (Phi) is 2.40. The lowest BCUT2D eigenvalue weighted by molar-refractivity contribution is 0.443. The molecule has 2 aromatic rings. The predicted molar refractivity (Wildman–Crippen MR) is 69.8 cm³/mol. The molecule has 1 heteroatoms. The number of fused-ring (bicyclic) bond motifs is 2. The summed E-state index contributed by atoms with van der Waals surface area (Å²) in [5.74, 6) is 2.49. The van der Waals surface area contributed by atoms with Gasteiger partial charge in [0.05, 0.1) is 0 Å². The quantitative estimate of drug-likeness (QED) is 0.685. The minimum absolute atomic E-state index is 0.467. The van der Waals surface area contributed by atoms with Crippen LogP contribution in [0.5, 0.6) is 11.5 Å². The van der Waals surface area contributed by atoms with E-state index in [2.05, 4.69) is 50.2 Å². The summed E-state index contributed by atoms with van der Waals surface area (Å²) in [6, 6.07) is 14.8. The standard InChI is InChI=1S/C16H16O/c1-3-12-13-6-4-5-7-15(13)17-16-9-8-11(2)10-14(12)16/h4-10,12H,3H2,1-2H3. The van der Waals surface area contributed by atoms with Crippen LogP contribution in [0.1, 0.15) is 36.0 Å². The van der Waals surface area contributed by atoms with Gasteiger partial charge in [-0.05, 0) is 25.5 Å². The molecule has 86 valence electrons. The second kappa shape index (κ2) is 3.92. The van der Waals surface area contributed by atoms with E-state index >= 15 is 0 Å². The highest BCUT2D eigenvalue weighted by Crippen LogP contribution is 2.45. The fourth-order valence-electron chi connectivity index (χ4n) is 2.62. The van der Waals surface area contributed by atoms with E-state index in [-0.39, 0.29) is 0 Å². The van der Waals surface area contributed by atoms with Gasteiger partial charge >= 0.3 is 0 Å². The molecule has 1 aliphatic heterocycles. The summed E-state index contributed by atoms with van der Waals surface area (Å²) >= 11 is 0. The van der Waals surface area contributed by atoms with Crippen molar-refractivity contribution >= 4 is 0 Å². The number of hydrogen-bond donors (Lipinski definition) is 0. The highest BCUT2D eigenvalue weighted by Gasteiger charge is 2.25. The Hall–Kier alpha value is -1.76. The molecule has 0 aliphatic carbocycles. The van der Waals surface area contributed by atoms with Crippen molar-refractivity contribution in [2.24, 2.45) is 0 Å². The third kappa shape index (κ3) is 1.62. The van der Waals surface area contributed by atoms with E-state index in [0.29, 0.717) is 5.92 Å². The summed E-state index contributed by atoms with van der Waals surface area (Å²) in [5, 5.41) is 0. The van der Waals surface area contributed by atoms with Gasteiger partial charge in [-0.2, -0.15) is 0 Å². The molecule has 17 heavy (non-hydrogen) atoms. The lowest BCUT2D eigenvalue weighted by Crippen LogP contribution is -2.09. The fraction of sp³-hybridized carbons (Fsp3) is 0.250. The summed E-state index contributed by atoms with van der Waals surface area (Å²) in [4.78, 5) is 0. The lowest BCUT2D eigenvalue weighted by atomic mass is 9.85. The first-order valence-electron chi connectivity index (χ1n) is 6.17. The van der Waals surface area contributed by atoms with Crippen molar-refractivity contribution in [2.75, 3.05) is 0 Å². The molecular formula is C16H16O. The van der Waals surface area contributed by atoms with E-state index in [9.17, 15) is 0 Å². The van der Waals surface area contributed by atoms with Crippen LogP contribution in [0.4, 0.5) is 0 Å². The summed E-state index contributed by atoms with van der Waals surface area (Å²) in [7, 11) is 0. The zero-order valence-corrected chi connectivity index (χ0v) is 10.2. The van der Waals surface area contributed by atoms with E-state index in [1.165, 1.54) is 16.7 Å². The number of benzene rings is 2. The first-order valence-corrected chi connectivity index (χ1v) is 6.17. The van der Waals surface area contributed by atoms with Gasteiger partial charge in [0.1, 0.15) is 11.5 Å². The zero-order valence-electron chi connectivity index (χ0n) is 10.2. The SMILES string of the molecule is CCC1c2ccccc2Oc2ccc(C)cc21. The summed E-state index contributed by atoms with van der Waals surface area (Å²) in [6.07, 6.45) is 1.11. The molecule has 1 nitrogen and oxygen atoms in total. The molecule has 0 saturated heterocycles. The Morgan fingerprint density at radius 2 is 1.76 bits per heavy atom. The molecule has 0 saturated carbocycles. The van der Waals surface area contributed by atoms with Crippen LogP contribution in [0.15, 0.2) is 42.5 Å². The van der Waals surface area contributed by atoms with E-state index in [0.717, 1.165) is 17.9 Å². The van der Waals surface area contributed by atoms with Gasteiger partial charge in [0.25, 0.3) is 0 Å². The summed E-state index contributed by atoms with van der Waals surface area (Å²) < 4.78 is 5.96. The minimum atomic E-state index is 0.467. The van der Waals surface area contributed by atoms with Crippen LogP contribution in [0.2, 0.25) is 0 Å². The molecule has 1 atom stereocenters. The highest BCUT2D eigenvalue weighted by molar-refractivity contribution is 5.54. The van der Waals surface area contributed by atoms with Crippen molar-refractivity contribution in [3.8, 4) is 11.5 Å². The van der Waals surface area contributed by atoms with Gasteiger partial charge in [-0.3, -0.25) is 0 Å². The molecule has 0 fully saturated rings. The van der Waals surface area contributed by atoms with Crippen LogP contribution in [0.3, 0.4) is 0 Å². The van der Waals surface area contributed by atoms with Gasteiger partial charge in [0.15, 0.2) is 0 Å².